The molecule has 1 N–H and O–H groups in total. The highest BCUT2D eigenvalue weighted by Gasteiger charge is 2.45. The zero-order chi connectivity index (χ0) is 14.8. The van der Waals surface area contributed by atoms with Gasteiger partial charge in [-0.1, -0.05) is 30.3 Å². The Labute approximate surface area is 123 Å². The van der Waals surface area contributed by atoms with Crippen LogP contribution in [-0.4, -0.2) is 41.3 Å². The summed E-state index contributed by atoms with van der Waals surface area (Å²) in [5.74, 6) is -0.536. The van der Waals surface area contributed by atoms with Crippen LogP contribution in [0.25, 0.3) is 0 Å². The minimum atomic E-state index is -0.583. The van der Waals surface area contributed by atoms with Gasteiger partial charge in [0.05, 0.1) is 18.6 Å². The summed E-state index contributed by atoms with van der Waals surface area (Å²) in [5, 5.41) is 9.43. The van der Waals surface area contributed by atoms with Crippen molar-refractivity contribution in [3.8, 4) is 0 Å². The summed E-state index contributed by atoms with van der Waals surface area (Å²) in [6, 6.07) is 9.45. The molecule has 1 aromatic rings. The molecule has 5 heteroatoms. The second kappa shape index (κ2) is 5.85. The fraction of sp³-hybridized carbons (Fsp3) is 0.500. The zero-order valence-electron chi connectivity index (χ0n) is 11.8. The normalized spacial score (nSPS) is 23.0. The number of benzene rings is 1. The molecule has 2 aliphatic rings. The quantitative estimate of drug-likeness (QED) is 0.894. The lowest BCUT2D eigenvalue weighted by molar-refractivity contribution is -0.135. The smallest absolute Gasteiger partial charge is 0.416 e. The number of cyclic esters (lactones) is 1. The second-order valence-electron chi connectivity index (χ2n) is 5.76. The number of hydrogen-bond donors (Lipinski definition) is 1. The third-order valence-corrected chi connectivity index (χ3v) is 4.22. The Kier molecular flexibility index (Phi) is 3.92. The van der Waals surface area contributed by atoms with E-state index in [1.165, 1.54) is 4.90 Å². The highest BCUT2D eigenvalue weighted by molar-refractivity contribution is 5.95. The van der Waals surface area contributed by atoms with Gasteiger partial charge in [-0.15, -0.1) is 0 Å². The van der Waals surface area contributed by atoms with Crippen molar-refractivity contribution in [1.29, 1.82) is 0 Å². The van der Waals surface area contributed by atoms with Crippen LogP contribution in [0.2, 0.25) is 0 Å². The average Bonchev–Trinajstić information content (AvgIpc) is 3.25. The molecule has 0 unspecified atom stereocenters. The minimum Gasteiger partial charge on any atom is -0.447 e. The van der Waals surface area contributed by atoms with Crippen LogP contribution in [0.3, 0.4) is 0 Å². The van der Waals surface area contributed by atoms with E-state index in [1.54, 1.807) is 0 Å². The summed E-state index contributed by atoms with van der Waals surface area (Å²) in [6.07, 6.45) is 1.90. The van der Waals surface area contributed by atoms with Crippen molar-refractivity contribution in [2.45, 2.75) is 25.3 Å². The summed E-state index contributed by atoms with van der Waals surface area (Å²) < 4.78 is 5.05. The van der Waals surface area contributed by atoms with Gasteiger partial charge in [0.1, 0.15) is 6.61 Å². The molecule has 2 amide bonds. The van der Waals surface area contributed by atoms with Crippen LogP contribution in [0, 0.1) is 11.8 Å². The van der Waals surface area contributed by atoms with Crippen molar-refractivity contribution in [1.82, 2.24) is 4.90 Å². The van der Waals surface area contributed by atoms with Gasteiger partial charge in [-0.3, -0.25) is 4.79 Å². The second-order valence-corrected chi connectivity index (χ2v) is 5.76. The molecule has 2 atom stereocenters. The molecule has 2 fully saturated rings. The first kappa shape index (κ1) is 14.1. The van der Waals surface area contributed by atoms with Crippen molar-refractivity contribution < 1.29 is 19.4 Å². The molecule has 0 spiro atoms. The van der Waals surface area contributed by atoms with Crippen molar-refractivity contribution >= 4 is 12.0 Å². The zero-order valence-corrected chi connectivity index (χ0v) is 11.8. The molecule has 0 radical (unpaired) electrons. The van der Waals surface area contributed by atoms with Gasteiger partial charge in [-0.25, -0.2) is 9.69 Å². The van der Waals surface area contributed by atoms with E-state index in [0.29, 0.717) is 6.42 Å². The predicted molar refractivity (Wildman–Crippen MR) is 75.4 cm³/mol. The SMILES string of the molecule is O=C1OC[C@H](Cc2ccccc2)N1C(=O)[C@@H](CO)C1CC1. The van der Waals surface area contributed by atoms with Crippen LogP contribution >= 0.6 is 0 Å². The molecule has 3 rings (SSSR count). The Morgan fingerprint density at radius 2 is 2.05 bits per heavy atom. The number of carbonyl (C=O) groups is 2. The molecule has 1 saturated heterocycles. The number of carbonyl (C=O) groups excluding carboxylic acids is 2. The lowest BCUT2D eigenvalue weighted by Gasteiger charge is -2.23. The Morgan fingerprint density at radius 3 is 2.67 bits per heavy atom. The molecule has 1 aliphatic heterocycles. The van der Waals surface area contributed by atoms with Gasteiger partial charge in [-0.05, 0) is 30.7 Å². The first-order valence-electron chi connectivity index (χ1n) is 7.35. The molecule has 0 bridgehead atoms. The molecule has 112 valence electrons. The monoisotopic (exact) mass is 289 g/mol. The van der Waals surface area contributed by atoms with Crippen LogP contribution in [0.4, 0.5) is 4.79 Å². The van der Waals surface area contributed by atoms with Gasteiger partial charge in [0.2, 0.25) is 5.91 Å². The topological polar surface area (TPSA) is 66.8 Å². The van der Waals surface area contributed by atoms with E-state index >= 15 is 0 Å². The Balaban J connectivity index is 1.74. The van der Waals surface area contributed by atoms with E-state index < -0.39 is 12.0 Å². The molecular weight excluding hydrogens is 270 g/mol. The van der Waals surface area contributed by atoms with Crippen LogP contribution in [0.15, 0.2) is 30.3 Å². The molecule has 21 heavy (non-hydrogen) atoms. The highest BCUT2D eigenvalue weighted by atomic mass is 16.6. The van der Waals surface area contributed by atoms with Gasteiger partial charge in [0.25, 0.3) is 0 Å². The highest BCUT2D eigenvalue weighted by Crippen LogP contribution is 2.38. The van der Waals surface area contributed by atoms with E-state index in [-0.39, 0.29) is 31.1 Å². The average molecular weight is 289 g/mol. The summed E-state index contributed by atoms with van der Waals surface area (Å²) in [5.41, 5.74) is 1.06. The van der Waals surface area contributed by atoms with E-state index in [4.69, 9.17) is 4.74 Å². The van der Waals surface area contributed by atoms with Gasteiger partial charge in [-0.2, -0.15) is 0 Å². The Hall–Kier alpha value is -1.88. The molecule has 1 saturated carbocycles. The van der Waals surface area contributed by atoms with E-state index in [1.807, 2.05) is 30.3 Å². The third-order valence-electron chi connectivity index (χ3n) is 4.22. The fourth-order valence-electron chi connectivity index (χ4n) is 2.87. The van der Waals surface area contributed by atoms with E-state index in [0.717, 1.165) is 18.4 Å². The van der Waals surface area contributed by atoms with Gasteiger partial charge >= 0.3 is 6.09 Å². The van der Waals surface area contributed by atoms with Crippen molar-refractivity contribution in [3.63, 3.8) is 0 Å². The largest absolute Gasteiger partial charge is 0.447 e. The van der Waals surface area contributed by atoms with Crippen molar-refractivity contribution in [2.75, 3.05) is 13.2 Å². The molecule has 5 nitrogen and oxygen atoms in total. The number of amides is 2. The maximum absolute atomic E-state index is 12.5. The molecule has 1 heterocycles. The number of aliphatic hydroxyl groups is 1. The standard InChI is InChI=1S/C16H19NO4/c18-9-14(12-6-7-12)15(19)17-13(10-21-16(17)20)8-11-4-2-1-3-5-11/h1-5,12-14,18H,6-10H2/t13-,14-/m0/s1. The lowest BCUT2D eigenvalue weighted by Crippen LogP contribution is -2.45. The van der Waals surface area contributed by atoms with Crippen LogP contribution in [-0.2, 0) is 16.0 Å². The van der Waals surface area contributed by atoms with Crippen LogP contribution in [0.1, 0.15) is 18.4 Å². The summed E-state index contributed by atoms with van der Waals surface area (Å²) in [7, 11) is 0. The maximum Gasteiger partial charge on any atom is 0.416 e. The molecular formula is C16H19NO4. The molecule has 1 aromatic carbocycles. The van der Waals surface area contributed by atoms with Crippen molar-refractivity contribution in [3.05, 3.63) is 35.9 Å². The minimum absolute atomic E-state index is 0.203. The van der Waals surface area contributed by atoms with Gasteiger partial charge in [0.15, 0.2) is 0 Å². The summed E-state index contributed by atoms with van der Waals surface area (Å²) in [4.78, 5) is 25.6. The summed E-state index contributed by atoms with van der Waals surface area (Å²) in [6.45, 7) is 0.0214. The molecule has 1 aliphatic carbocycles. The van der Waals surface area contributed by atoms with Crippen LogP contribution in [0.5, 0.6) is 0 Å². The first-order valence-corrected chi connectivity index (χ1v) is 7.35. The van der Waals surface area contributed by atoms with Gasteiger partial charge in [0, 0.05) is 0 Å². The van der Waals surface area contributed by atoms with E-state index in [9.17, 15) is 14.7 Å². The Morgan fingerprint density at radius 1 is 1.33 bits per heavy atom. The molecule has 0 aromatic heterocycles. The predicted octanol–water partition coefficient (Wildman–Crippen LogP) is 1.59. The number of ether oxygens (including phenoxy) is 1. The summed E-state index contributed by atoms with van der Waals surface area (Å²) >= 11 is 0. The number of rotatable bonds is 5. The van der Waals surface area contributed by atoms with Gasteiger partial charge < -0.3 is 9.84 Å². The number of imide groups is 1. The number of hydrogen-bond acceptors (Lipinski definition) is 4. The third kappa shape index (κ3) is 2.93. The van der Waals surface area contributed by atoms with E-state index in [2.05, 4.69) is 0 Å². The Bertz CT molecular complexity index is 526. The van der Waals surface area contributed by atoms with Crippen molar-refractivity contribution in [2.24, 2.45) is 11.8 Å². The fourth-order valence-corrected chi connectivity index (χ4v) is 2.87. The van der Waals surface area contributed by atoms with Crippen LogP contribution < -0.4 is 0 Å². The lowest BCUT2D eigenvalue weighted by atomic mass is 10.0. The number of nitrogens with zero attached hydrogens (tertiary/aromatic N) is 1. The first-order chi connectivity index (χ1) is 10.2. The maximum atomic E-state index is 12.5. The number of aliphatic hydroxyl groups excluding tert-OH is 1.